The van der Waals surface area contributed by atoms with E-state index < -0.39 is 0 Å². The van der Waals surface area contributed by atoms with Crippen molar-refractivity contribution in [3.63, 3.8) is 0 Å². The monoisotopic (exact) mass is 315 g/mol. The van der Waals surface area contributed by atoms with Gasteiger partial charge < -0.3 is 15.1 Å². The lowest BCUT2D eigenvalue weighted by Crippen LogP contribution is -2.54. The van der Waals surface area contributed by atoms with Crippen LogP contribution in [0.2, 0.25) is 0 Å². The lowest BCUT2D eigenvalue weighted by molar-refractivity contribution is 0.0662. The molecule has 2 fully saturated rings. The van der Waals surface area contributed by atoms with E-state index in [9.17, 15) is 9.59 Å². The molecule has 124 valence electrons. The summed E-state index contributed by atoms with van der Waals surface area (Å²) in [6.45, 7) is 2.42. The van der Waals surface area contributed by atoms with Gasteiger partial charge in [0.2, 0.25) is 0 Å². The molecule has 0 unspecified atom stereocenters. The van der Waals surface area contributed by atoms with Crippen LogP contribution in [0.15, 0.2) is 30.3 Å². The number of nitrogens with one attached hydrogen (secondary N) is 1. The maximum atomic E-state index is 12.4. The van der Waals surface area contributed by atoms with Gasteiger partial charge in [0.05, 0.1) is 0 Å². The van der Waals surface area contributed by atoms with Gasteiger partial charge in [-0.3, -0.25) is 4.79 Å². The van der Waals surface area contributed by atoms with E-state index in [4.69, 9.17) is 0 Å². The van der Waals surface area contributed by atoms with Crippen molar-refractivity contribution in [2.24, 2.45) is 0 Å². The molecule has 0 aromatic heterocycles. The molecule has 5 nitrogen and oxygen atoms in total. The number of nitrogens with zero attached hydrogens (tertiary/aromatic N) is 2. The Hall–Kier alpha value is -2.04. The van der Waals surface area contributed by atoms with Crippen molar-refractivity contribution < 1.29 is 9.59 Å². The number of amides is 3. The summed E-state index contributed by atoms with van der Waals surface area (Å²) >= 11 is 0. The molecule has 0 radical (unpaired) electrons. The van der Waals surface area contributed by atoms with Gasteiger partial charge in [-0.15, -0.1) is 0 Å². The fourth-order valence-corrected chi connectivity index (χ4v) is 3.39. The van der Waals surface area contributed by atoms with Gasteiger partial charge in [-0.05, 0) is 25.0 Å². The number of urea groups is 1. The van der Waals surface area contributed by atoms with Gasteiger partial charge in [0.15, 0.2) is 0 Å². The molecule has 1 N–H and O–H groups in total. The third kappa shape index (κ3) is 4.03. The van der Waals surface area contributed by atoms with Crippen molar-refractivity contribution in [2.45, 2.75) is 38.1 Å². The van der Waals surface area contributed by atoms with Crippen LogP contribution >= 0.6 is 0 Å². The Bertz CT molecular complexity index is 532. The number of hydrogen-bond donors (Lipinski definition) is 1. The minimum atomic E-state index is 0.0312. The standard InChI is InChI=1S/C18H25N3O2/c22-17(15-7-3-1-4-8-15)20-11-13-21(14-12-20)18(23)19-16-9-5-2-6-10-16/h1,3-4,7-8,16H,2,5-6,9-14H2,(H,19,23). The quantitative estimate of drug-likeness (QED) is 0.911. The summed E-state index contributed by atoms with van der Waals surface area (Å²) in [5.41, 5.74) is 0.715. The third-order valence-corrected chi connectivity index (χ3v) is 4.81. The van der Waals surface area contributed by atoms with Crippen molar-refractivity contribution >= 4 is 11.9 Å². The lowest BCUT2D eigenvalue weighted by atomic mass is 9.96. The summed E-state index contributed by atoms with van der Waals surface area (Å²) < 4.78 is 0. The van der Waals surface area contributed by atoms with Gasteiger partial charge in [-0.1, -0.05) is 37.5 Å². The number of piperazine rings is 1. The molecule has 1 aromatic rings. The van der Waals surface area contributed by atoms with E-state index in [0.29, 0.717) is 37.8 Å². The Morgan fingerprint density at radius 2 is 1.48 bits per heavy atom. The van der Waals surface area contributed by atoms with Crippen LogP contribution in [-0.4, -0.2) is 54.0 Å². The summed E-state index contributed by atoms with van der Waals surface area (Å²) in [6.07, 6.45) is 5.90. The molecule has 1 aliphatic heterocycles. The molecule has 0 spiro atoms. The molecule has 23 heavy (non-hydrogen) atoms. The van der Waals surface area contributed by atoms with Crippen LogP contribution in [0.5, 0.6) is 0 Å². The Morgan fingerprint density at radius 3 is 2.13 bits per heavy atom. The molecule has 1 aliphatic carbocycles. The van der Waals surface area contributed by atoms with E-state index in [1.165, 1.54) is 19.3 Å². The zero-order chi connectivity index (χ0) is 16.1. The van der Waals surface area contributed by atoms with Gasteiger partial charge in [0.25, 0.3) is 5.91 Å². The molecule has 0 bridgehead atoms. The van der Waals surface area contributed by atoms with Gasteiger partial charge in [0, 0.05) is 37.8 Å². The largest absolute Gasteiger partial charge is 0.335 e. The van der Waals surface area contributed by atoms with Crippen LogP contribution in [0.25, 0.3) is 0 Å². The highest BCUT2D eigenvalue weighted by atomic mass is 16.2. The smallest absolute Gasteiger partial charge is 0.317 e. The van der Waals surface area contributed by atoms with E-state index in [0.717, 1.165) is 12.8 Å². The van der Waals surface area contributed by atoms with Crippen molar-refractivity contribution in [1.29, 1.82) is 0 Å². The Labute approximate surface area is 137 Å². The second-order valence-electron chi connectivity index (χ2n) is 6.43. The Balaban J connectivity index is 1.48. The van der Waals surface area contributed by atoms with Crippen molar-refractivity contribution in [3.8, 4) is 0 Å². The van der Waals surface area contributed by atoms with Crippen LogP contribution in [0.3, 0.4) is 0 Å². The predicted molar refractivity (Wildman–Crippen MR) is 89.3 cm³/mol. The third-order valence-electron chi connectivity index (χ3n) is 4.81. The van der Waals surface area contributed by atoms with Gasteiger partial charge in [-0.2, -0.15) is 0 Å². The van der Waals surface area contributed by atoms with Crippen LogP contribution < -0.4 is 5.32 Å². The highest BCUT2D eigenvalue weighted by Gasteiger charge is 2.26. The van der Waals surface area contributed by atoms with Crippen LogP contribution in [0.4, 0.5) is 4.79 Å². The zero-order valence-electron chi connectivity index (χ0n) is 13.5. The van der Waals surface area contributed by atoms with E-state index >= 15 is 0 Å². The number of carbonyl (C=O) groups is 2. The van der Waals surface area contributed by atoms with E-state index in [1.807, 2.05) is 40.1 Å². The van der Waals surface area contributed by atoms with E-state index in [2.05, 4.69) is 5.32 Å². The zero-order valence-corrected chi connectivity index (χ0v) is 13.5. The fourth-order valence-electron chi connectivity index (χ4n) is 3.39. The second kappa shape index (κ2) is 7.49. The van der Waals surface area contributed by atoms with Gasteiger partial charge >= 0.3 is 6.03 Å². The molecule has 0 atom stereocenters. The van der Waals surface area contributed by atoms with E-state index in [-0.39, 0.29) is 11.9 Å². The maximum Gasteiger partial charge on any atom is 0.317 e. The van der Waals surface area contributed by atoms with Crippen LogP contribution in [0.1, 0.15) is 42.5 Å². The summed E-state index contributed by atoms with van der Waals surface area (Å²) in [7, 11) is 0. The minimum absolute atomic E-state index is 0.0312. The number of rotatable bonds is 2. The molecule has 5 heteroatoms. The van der Waals surface area contributed by atoms with E-state index in [1.54, 1.807) is 0 Å². The van der Waals surface area contributed by atoms with Crippen molar-refractivity contribution in [3.05, 3.63) is 35.9 Å². The summed E-state index contributed by atoms with van der Waals surface area (Å²) in [5.74, 6) is 0.0536. The molecule has 3 rings (SSSR count). The molecule has 1 heterocycles. The molecule has 1 saturated carbocycles. The highest BCUT2D eigenvalue weighted by molar-refractivity contribution is 5.94. The van der Waals surface area contributed by atoms with Gasteiger partial charge in [0.1, 0.15) is 0 Å². The first-order valence-corrected chi connectivity index (χ1v) is 8.64. The van der Waals surface area contributed by atoms with Crippen molar-refractivity contribution in [1.82, 2.24) is 15.1 Å². The summed E-state index contributed by atoms with van der Waals surface area (Å²) in [6, 6.07) is 9.70. The Morgan fingerprint density at radius 1 is 0.870 bits per heavy atom. The van der Waals surface area contributed by atoms with Crippen molar-refractivity contribution in [2.75, 3.05) is 26.2 Å². The number of carbonyl (C=O) groups excluding carboxylic acids is 2. The fraction of sp³-hybridized carbons (Fsp3) is 0.556. The average molecular weight is 315 g/mol. The predicted octanol–water partition coefficient (Wildman–Crippen LogP) is 2.49. The normalized spacial score (nSPS) is 19.5. The SMILES string of the molecule is O=C(NC1CCCCC1)N1CCN(C(=O)c2ccccc2)CC1. The summed E-state index contributed by atoms with van der Waals surface area (Å²) in [4.78, 5) is 28.4. The highest BCUT2D eigenvalue weighted by Crippen LogP contribution is 2.18. The van der Waals surface area contributed by atoms with Crippen LogP contribution in [0, 0.1) is 0 Å². The van der Waals surface area contributed by atoms with Gasteiger partial charge in [-0.25, -0.2) is 4.79 Å². The minimum Gasteiger partial charge on any atom is -0.335 e. The lowest BCUT2D eigenvalue weighted by Gasteiger charge is -2.36. The van der Waals surface area contributed by atoms with Crippen LogP contribution in [-0.2, 0) is 0 Å². The number of hydrogen-bond acceptors (Lipinski definition) is 2. The number of benzene rings is 1. The molecule has 1 saturated heterocycles. The molecular weight excluding hydrogens is 290 g/mol. The average Bonchev–Trinajstić information content (AvgIpc) is 2.63. The molecule has 2 aliphatic rings. The molecular formula is C18H25N3O2. The first-order chi connectivity index (χ1) is 11.2. The molecule has 1 aromatic carbocycles. The summed E-state index contributed by atoms with van der Waals surface area (Å²) in [5, 5.41) is 3.15. The maximum absolute atomic E-state index is 12.4. The topological polar surface area (TPSA) is 52.7 Å². The first kappa shape index (κ1) is 15.8. The molecule has 3 amide bonds. The second-order valence-corrected chi connectivity index (χ2v) is 6.43. The first-order valence-electron chi connectivity index (χ1n) is 8.64. The Kier molecular flexibility index (Phi) is 5.16.